The van der Waals surface area contributed by atoms with Crippen LogP contribution in [0.1, 0.15) is 44.4 Å². The summed E-state index contributed by atoms with van der Waals surface area (Å²) >= 11 is 0. The number of phenolic OH excluding ortho intramolecular Hbond substituents is 1. The van der Waals surface area contributed by atoms with Crippen molar-refractivity contribution in [2.45, 2.75) is 39.9 Å². The van der Waals surface area contributed by atoms with Gasteiger partial charge in [-0.05, 0) is 46.7 Å². The SMILES string of the molecule is CCC(C)(C)[C@H](OC)c1cc(CO)ccc1-c1cc(O)ccc1F. The number of hydrogen-bond donors (Lipinski definition) is 2. The molecule has 2 N–H and O–H groups in total. The van der Waals surface area contributed by atoms with Crippen LogP contribution in [0, 0.1) is 11.2 Å². The Morgan fingerprint density at radius 1 is 1.12 bits per heavy atom. The minimum atomic E-state index is -0.407. The van der Waals surface area contributed by atoms with Crippen molar-refractivity contribution in [1.29, 1.82) is 0 Å². The summed E-state index contributed by atoms with van der Waals surface area (Å²) < 4.78 is 20.1. The normalized spacial score (nSPS) is 13.1. The van der Waals surface area contributed by atoms with Crippen molar-refractivity contribution in [1.82, 2.24) is 0 Å². The molecule has 2 rings (SSSR count). The third-order valence-electron chi connectivity index (χ3n) is 4.68. The molecule has 1 atom stereocenters. The highest BCUT2D eigenvalue weighted by Gasteiger charge is 2.31. The van der Waals surface area contributed by atoms with E-state index in [0.717, 1.165) is 17.5 Å². The Hall–Kier alpha value is -1.91. The molecule has 0 aliphatic rings. The van der Waals surface area contributed by atoms with Crippen LogP contribution in [0.2, 0.25) is 0 Å². The van der Waals surface area contributed by atoms with Crippen molar-refractivity contribution < 1.29 is 19.3 Å². The van der Waals surface area contributed by atoms with Gasteiger partial charge in [-0.2, -0.15) is 0 Å². The molecule has 0 bridgehead atoms. The lowest BCUT2D eigenvalue weighted by Gasteiger charge is -2.34. The highest BCUT2D eigenvalue weighted by Crippen LogP contribution is 2.43. The van der Waals surface area contributed by atoms with Crippen LogP contribution >= 0.6 is 0 Å². The average Bonchev–Trinajstić information content (AvgIpc) is 2.57. The van der Waals surface area contributed by atoms with E-state index in [2.05, 4.69) is 20.8 Å². The van der Waals surface area contributed by atoms with Crippen LogP contribution in [-0.2, 0) is 11.3 Å². The molecule has 2 aromatic rings. The summed E-state index contributed by atoms with van der Waals surface area (Å²) in [5, 5.41) is 19.2. The Balaban J connectivity index is 2.71. The predicted molar refractivity (Wildman–Crippen MR) is 93.2 cm³/mol. The fourth-order valence-corrected chi connectivity index (χ4v) is 2.94. The van der Waals surface area contributed by atoms with E-state index >= 15 is 0 Å². The summed E-state index contributed by atoms with van der Waals surface area (Å²) in [6.45, 7) is 6.17. The highest BCUT2D eigenvalue weighted by atomic mass is 19.1. The maximum absolute atomic E-state index is 14.4. The van der Waals surface area contributed by atoms with Crippen molar-refractivity contribution in [3.05, 3.63) is 53.3 Å². The fourth-order valence-electron chi connectivity index (χ4n) is 2.94. The molecule has 0 saturated heterocycles. The number of aliphatic hydroxyl groups excluding tert-OH is 1. The molecule has 24 heavy (non-hydrogen) atoms. The van der Waals surface area contributed by atoms with Crippen LogP contribution in [0.4, 0.5) is 4.39 Å². The second-order valence-corrected chi connectivity index (χ2v) is 6.70. The maximum Gasteiger partial charge on any atom is 0.131 e. The number of rotatable bonds is 6. The monoisotopic (exact) mass is 332 g/mol. The van der Waals surface area contributed by atoms with E-state index in [-0.39, 0.29) is 23.9 Å². The Kier molecular flexibility index (Phi) is 5.62. The largest absolute Gasteiger partial charge is 0.508 e. The number of phenols is 1. The molecule has 0 saturated carbocycles. The second-order valence-electron chi connectivity index (χ2n) is 6.70. The quantitative estimate of drug-likeness (QED) is 0.798. The first kappa shape index (κ1) is 18.4. The number of hydrogen-bond acceptors (Lipinski definition) is 3. The third-order valence-corrected chi connectivity index (χ3v) is 4.68. The van der Waals surface area contributed by atoms with E-state index in [1.165, 1.54) is 18.2 Å². The second kappa shape index (κ2) is 7.32. The zero-order valence-corrected chi connectivity index (χ0v) is 14.6. The Morgan fingerprint density at radius 2 is 1.83 bits per heavy atom. The summed E-state index contributed by atoms with van der Waals surface area (Å²) in [6.07, 6.45) is 0.599. The van der Waals surface area contributed by atoms with Gasteiger partial charge in [0.15, 0.2) is 0 Å². The molecule has 130 valence electrons. The number of aromatic hydroxyl groups is 1. The average molecular weight is 332 g/mol. The molecule has 0 aromatic heterocycles. The Bertz CT molecular complexity index is 710. The molecule has 3 nitrogen and oxygen atoms in total. The summed E-state index contributed by atoms with van der Waals surface area (Å²) in [4.78, 5) is 0. The summed E-state index contributed by atoms with van der Waals surface area (Å²) in [7, 11) is 1.64. The van der Waals surface area contributed by atoms with Gasteiger partial charge in [0.25, 0.3) is 0 Å². The van der Waals surface area contributed by atoms with Gasteiger partial charge in [-0.25, -0.2) is 4.39 Å². The lowest BCUT2D eigenvalue weighted by Crippen LogP contribution is -2.23. The standard InChI is InChI=1S/C20H25FO3/c1-5-20(2,3)19(24-4)17-10-13(12-22)6-8-15(17)16-11-14(23)7-9-18(16)21/h6-11,19,22-23H,5,12H2,1-4H3/t19-/m1/s1. The highest BCUT2D eigenvalue weighted by molar-refractivity contribution is 5.70. The van der Waals surface area contributed by atoms with Gasteiger partial charge in [-0.1, -0.05) is 39.0 Å². The van der Waals surface area contributed by atoms with E-state index in [9.17, 15) is 14.6 Å². The molecule has 0 unspecified atom stereocenters. The molecule has 0 amide bonds. The molecule has 2 aromatic carbocycles. The van der Waals surface area contributed by atoms with Crippen molar-refractivity contribution in [3.63, 3.8) is 0 Å². The number of methoxy groups -OCH3 is 1. The molecular formula is C20H25FO3. The van der Waals surface area contributed by atoms with Gasteiger partial charge in [-0.3, -0.25) is 0 Å². The molecule has 0 aliphatic heterocycles. The zero-order chi connectivity index (χ0) is 17.9. The summed E-state index contributed by atoms with van der Waals surface area (Å²) in [6, 6.07) is 9.37. The zero-order valence-electron chi connectivity index (χ0n) is 14.6. The van der Waals surface area contributed by atoms with Crippen molar-refractivity contribution in [3.8, 4) is 16.9 Å². The fraction of sp³-hybridized carbons (Fsp3) is 0.400. The van der Waals surface area contributed by atoms with Crippen LogP contribution in [0.15, 0.2) is 36.4 Å². The van der Waals surface area contributed by atoms with E-state index in [4.69, 9.17) is 4.74 Å². The van der Waals surface area contributed by atoms with E-state index in [0.29, 0.717) is 11.1 Å². The number of benzene rings is 2. The summed E-state index contributed by atoms with van der Waals surface area (Å²) in [5.41, 5.74) is 2.35. The first-order valence-electron chi connectivity index (χ1n) is 8.09. The number of halogens is 1. The van der Waals surface area contributed by atoms with Gasteiger partial charge in [0.2, 0.25) is 0 Å². The first-order chi connectivity index (χ1) is 11.3. The van der Waals surface area contributed by atoms with Crippen molar-refractivity contribution in [2.75, 3.05) is 7.11 Å². The Labute approximate surface area is 142 Å². The Morgan fingerprint density at radius 3 is 2.42 bits per heavy atom. The van der Waals surface area contributed by atoms with Gasteiger partial charge < -0.3 is 14.9 Å². The number of aliphatic hydroxyl groups is 1. The van der Waals surface area contributed by atoms with Crippen LogP contribution in [-0.4, -0.2) is 17.3 Å². The van der Waals surface area contributed by atoms with Crippen LogP contribution in [0.25, 0.3) is 11.1 Å². The van der Waals surface area contributed by atoms with Gasteiger partial charge >= 0.3 is 0 Å². The molecule has 0 radical (unpaired) electrons. The number of ether oxygens (including phenoxy) is 1. The van der Waals surface area contributed by atoms with Crippen LogP contribution in [0.3, 0.4) is 0 Å². The van der Waals surface area contributed by atoms with Gasteiger partial charge in [-0.15, -0.1) is 0 Å². The van der Waals surface area contributed by atoms with Crippen LogP contribution in [0.5, 0.6) is 5.75 Å². The lowest BCUT2D eigenvalue weighted by atomic mass is 9.77. The van der Waals surface area contributed by atoms with Crippen LogP contribution < -0.4 is 0 Å². The maximum atomic E-state index is 14.4. The minimum absolute atomic E-state index is 0.00676. The first-order valence-corrected chi connectivity index (χ1v) is 8.09. The van der Waals surface area contributed by atoms with Gasteiger partial charge in [0, 0.05) is 12.7 Å². The lowest BCUT2D eigenvalue weighted by molar-refractivity contribution is 0.00321. The van der Waals surface area contributed by atoms with E-state index in [1.54, 1.807) is 19.2 Å². The van der Waals surface area contributed by atoms with Gasteiger partial charge in [0.1, 0.15) is 11.6 Å². The van der Waals surface area contributed by atoms with Gasteiger partial charge in [0.05, 0.1) is 12.7 Å². The minimum Gasteiger partial charge on any atom is -0.508 e. The molecule has 4 heteroatoms. The smallest absolute Gasteiger partial charge is 0.131 e. The summed E-state index contributed by atoms with van der Waals surface area (Å²) in [5.74, 6) is -0.401. The van der Waals surface area contributed by atoms with Crippen molar-refractivity contribution >= 4 is 0 Å². The predicted octanol–water partition coefficient (Wildman–Crippen LogP) is 4.81. The topological polar surface area (TPSA) is 49.7 Å². The molecule has 0 heterocycles. The molecule has 0 fully saturated rings. The molecular weight excluding hydrogens is 307 g/mol. The van der Waals surface area contributed by atoms with E-state index in [1.807, 2.05) is 6.07 Å². The molecule has 0 aliphatic carbocycles. The third kappa shape index (κ3) is 3.60. The van der Waals surface area contributed by atoms with E-state index < -0.39 is 5.82 Å². The van der Waals surface area contributed by atoms with Crippen molar-refractivity contribution in [2.24, 2.45) is 5.41 Å². The molecule has 0 spiro atoms.